The maximum Gasteiger partial charge on any atom is 0.150 e. The van der Waals surface area contributed by atoms with Gasteiger partial charge in [0.05, 0.1) is 0 Å². The molecule has 0 fully saturated rings. The van der Waals surface area contributed by atoms with Crippen LogP contribution in [0.25, 0.3) is 21.5 Å². The van der Waals surface area contributed by atoms with Crippen molar-refractivity contribution in [1.82, 2.24) is 0 Å². The first-order chi connectivity index (χ1) is 17.4. The Kier molecular flexibility index (Phi) is 6.28. The number of fused-ring (bicyclic) bond motifs is 2. The molecule has 0 saturated carbocycles. The largest absolute Gasteiger partial charge is 0.298 e. The molecule has 0 heterocycles. The highest BCUT2D eigenvalue weighted by atomic mass is 16.1. The Labute approximate surface area is 212 Å². The first-order valence-electron chi connectivity index (χ1n) is 12.4. The Hall–Kier alpha value is -4.04. The van der Waals surface area contributed by atoms with E-state index in [2.05, 4.69) is 64.1 Å². The Balaban J connectivity index is 1.48. The second-order valence-corrected chi connectivity index (χ2v) is 9.93. The monoisotopic (exact) mass is 470 g/mol. The van der Waals surface area contributed by atoms with Gasteiger partial charge in [-0.3, -0.25) is 9.59 Å². The van der Waals surface area contributed by atoms with Gasteiger partial charge in [0.15, 0.2) is 0 Å². The predicted octanol–water partition coefficient (Wildman–Crippen LogP) is 8.03. The van der Waals surface area contributed by atoms with Crippen molar-refractivity contribution < 1.29 is 9.59 Å². The third-order valence-corrected chi connectivity index (χ3v) is 7.83. The average molecular weight is 471 g/mol. The van der Waals surface area contributed by atoms with Gasteiger partial charge in [0.25, 0.3) is 0 Å². The smallest absolute Gasteiger partial charge is 0.150 e. The van der Waals surface area contributed by atoms with Crippen LogP contribution in [0.2, 0.25) is 0 Å². The van der Waals surface area contributed by atoms with Crippen LogP contribution in [0.4, 0.5) is 0 Å². The van der Waals surface area contributed by atoms with Crippen LogP contribution in [0, 0.1) is 27.7 Å². The summed E-state index contributed by atoms with van der Waals surface area (Å²) >= 11 is 0. The van der Waals surface area contributed by atoms with E-state index in [1.165, 1.54) is 44.5 Å². The van der Waals surface area contributed by atoms with Crippen molar-refractivity contribution in [3.8, 4) is 0 Å². The minimum atomic E-state index is 0.709. The molecule has 5 rings (SSSR count). The van der Waals surface area contributed by atoms with Gasteiger partial charge in [0.1, 0.15) is 12.6 Å². The van der Waals surface area contributed by atoms with E-state index in [-0.39, 0.29) is 0 Å². The SMILES string of the molecule is Cc1c(C)c(Cc2ccc3cc(C=O)ccc3c2)c(C)c(C)c1Cc1ccc2cc(C=O)ccc2c1. The number of hydrogen-bond acceptors (Lipinski definition) is 2. The van der Waals surface area contributed by atoms with Gasteiger partial charge in [-0.25, -0.2) is 0 Å². The fourth-order valence-corrected chi connectivity index (χ4v) is 5.40. The molecular weight excluding hydrogens is 440 g/mol. The summed E-state index contributed by atoms with van der Waals surface area (Å²) in [4.78, 5) is 22.2. The molecule has 2 nitrogen and oxygen atoms in total. The van der Waals surface area contributed by atoms with E-state index in [0.717, 1.165) is 47.0 Å². The van der Waals surface area contributed by atoms with E-state index >= 15 is 0 Å². The summed E-state index contributed by atoms with van der Waals surface area (Å²) in [6.07, 6.45) is 3.57. The quantitative estimate of drug-likeness (QED) is 0.235. The summed E-state index contributed by atoms with van der Waals surface area (Å²) < 4.78 is 0. The molecule has 0 N–H and O–H groups in total. The molecule has 0 spiro atoms. The first-order valence-corrected chi connectivity index (χ1v) is 12.4. The number of carbonyl (C=O) groups excluding carboxylic acids is 2. The second-order valence-electron chi connectivity index (χ2n) is 9.93. The van der Waals surface area contributed by atoms with Crippen molar-refractivity contribution in [3.05, 3.63) is 128 Å². The molecule has 0 aliphatic rings. The number of hydrogen-bond donors (Lipinski definition) is 0. The van der Waals surface area contributed by atoms with Crippen LogP contribution in [0.15, 0.2) is 72.8 Å². The van der Waals surface area contributed by atoms with Crippen molar-refractivity contribution in [2.24, 2.45) is 0 Å². The van der Waals surface area contributed by atoms with E-state index in [1.54, 1.807) is 0 Å². The van der Waals surface area contributed by atoms with Crippen molar-refractivity contribution in [2.75, 3.05) is 0 Å². The maximum atomic E-state index is 11.1. The number of rotatable bonds is 6. The van der Waals surface area contributed by atoms with Crippen molar-refractivity contribution in [1.29, 1.82) is 0 Å². The van der Waals surface area contributed by atoms with Gasteiger partial charge in [0.2, 0.25) is 0 Å². The lowest BCUT2D eigenvalue weighted by molar-refractivity contribution is 0.111. The number of carbonyl (C=O) groups is 2. The van der Waals surface area contributed by atoms with Crippen LogP contribution >= 0.6 is 0 Å². The Morgan fingerprint density at radius 3 is 1.17 bits per heavy atom. The topological polar surface area (TPSA) is 34.1 Å². The molecule has 0 aliphatic heterocycles. The molecule has 2 heteroatoms. The summed E-state index contributed by atoms with van der Waals surface area (Å²) in [5.41, 5.74) is 12.2. The standard InChI is InChI=1S/C34H30O2/c1-21-22(2)34(18-26-6-10-32-16-28(20-36)8-12-30(32)14-26)24(4)23(3)33(21)17-25-5-9-31-15-27(19-35)7-11-29(31)13-25/h5-16,19-20H,17-18H2,1-4H3. The lowest BCUT2D eigenvalue weighted by atomic mass is 9.84. The van der Waals surface area contributed by atoms with E-state index in [4.69, 9.17) is 0 Å². The highest BCUT2D eigenvalue weighted by molar-refractivity contribution is 5.90. The third kappa shape index (κ3) is 4.35. The van der Waals surface area contributed by atoms with Crippen LogP contribution in [-0.2, 0) is 12.8 Å². The molecule has 0 unspecified atom stereocenters. The molecule has 5 aromatic carbocycles. The molecule has 0 saturated heterocycles. The summed E-state index contributed by atoms with van der Waals surface area (Å²) in [5, 5.41) is 4.51. The third-order valence-electron chi connectivity index (χ3n) is 7.83. The molecule has 0 aliphatic carbocycles. The molecule has 0 bridgehead atoms. The summed E-state index contributed by atoms with van der Waals surface area (Å²) in [7, 11) is 0. The van der Waals surface area contributed by atoms with Crippen molar-refractivity contribution >= 4 is 34.1 Å². The van der Waals surface area contributed by atoms with Gasteiger partial charge in [-0.05, 0) is 119 Å². The minimum Gasteiger partial charge on any atom is -0.298 e. The molecule has 36 heavy (non-hydrogen) atoms. The Morgan fingerprint density at radius 2 is 0.806 bits per heavy atom. The highest BCUT2D eigenvalue weighted by Crippen LogP contribution is 2.31. The normalized spacial score (nSPS) is 11.2. The lowest BCUT2D eigenvalue weighted by Gasteiger charge is -2.21. The molecule has 178 valence electrons. The van der Waals surface area contributed by atoms with Crippen LogP contribution in [0.3, 0.4) is 0 Å². The van der Waals surface area contributed by atoms with Gasteiger partial charge in [-0.2, -0.15) is 0 Å². The number of benzene rings is 5. The lowest BCUT2D eigenvalue weighted by Crippen LogP contribution is -2.07. The molecule has 5 aromatic rings. The van der Waals surface area contributed by atoms with Crippen LogP contribution in [-0.4, -0.2) is 12.6 Å². The zero-order valence-corrected chi connectivity index (χ0v) is 21.3. The first kappa shape index (κ1) is 23.7. The zero-order valence-electron chi connectivity index (χ0n) is 21.3. The van der Waals surface area contributed by atoms with E-state index in [1.807, 2.05) is 36.4 Å². The highest BCUT2D eigenvalue weighted by Gasteiger charge is 2.16. The van der Waals surface area contributed by atoms with E-state index in [0.29, 0.717) is 11.1 Å². The summed E-state index contributed by atoms with van der Waals surface area (Å²) in [5.74, 6) is 0. The fourth-order valence-electron chi connectivity index (χ4n) is 5.40. The van der Waals surface area contributed by atoms with Gasteiger partial charge >= 0.3 is 0 Å². The van der Waals surface area contributed by atoms with E-state index in [9.17, 15) is 9.59 Å². The van der Waals surface area contributed by atoms with Gasteiger partial charge < -0.3 is 0 Å². The second kappa shape index (κ2) is 9.54. The molecular formula is C34H30O2. The minimum absolute atomic E-state index is 0.709. The number of aldehydes is 2. The average Bonchev–Trinajstić information content (AvgIpc) is 2.91. The van der Waals surface area contributed by atoms with Crippen molar-refractivity contribution in [3.63, 3.8) is 0 Å². The van der Waals surface area contributed by atoms with Crippen LogP contribution in [0.1, 0.15) is 65.2 Å². The van der Waals surface area contributed by atoms with E-state index < -0.39 is 0 Å². The Morgan fingerprint density at radius 1 is 0.472 bits per heavy atom. The molecule has 0 radical (unpaired) electrons. The van der Waals surface area contributed by atoms with Crippen LogP contribution < -0.4 is 0 Å². The Bertz CT molecular complexity index is 1500. The molecule has 0 atom stereocenters. The predicted molar refractivity (Wildman–Crippen MR) is 150 cm³/mol. The van der Waals surface area contributed by atoms with Gasteiger partial charge in [-0.15, -0.1) is 0 Å². The molecule has 0 aromatic heterocycles. The summed E-state index contributed by atoms with van der Waals surface area (Å²) in [6, 6.07) is 24.8. The van der Waals surface area contributed by atoms with Gasteiger partial charge in [0, 0.05) is 11.1 Å². The maximum absolute atomic E-state index is 11.1. The van der Waals surface area contributed by atoms with Crippen LogP contribution in [0.5, 0.6) is 0 Å². The zero-order chi connectivity index (χ0) is 25.4. The summed E-state index contributed by atoms with van der Waals surface area (Å²) in [6.45, 7) is 9.00. The molecule has 0 amide bonds. The fraction of sp³-hybridized carbons (Fsp3) is 0.176. The van der Waals surface area contributed by atoms with Crippen molar-refractivity contribution in [2.45, 2.75) is 40.5 Å². The van der Waals surface area contributed by atoms with Gasteiger partial charge in [-0.1, -0.05) is 60.7 Å².